The van der Waals surface area contributed by atoms with Gasteiger partial charge >= 0.3 is 0 Å². The molecular formula is C31H16N6O4. The molecule has 194 valence electrons. The highest BCUT2D eigenvalue weighted by Crippen LogP contribution is 2.41. The monoisotopic (exact) mass is 536 g/mol. The number of amides is 4. The number of imide groups is 2. The second-order valence-corrected chi connectivity index (χ2v) is 8.57. The van der Waals surface area contributed by atoms with Crippen molar-refractivity contribution in [3.63, 3.8) is 0 Å². The number of benzene rings is 3. The summed E-state index contributed by atoms with van der Waals surface area (Å²) in [6.07, 6.45) is 1.60. The van der Waals surface area contributed by atoms with Gasteiger partial charge in [-0.25, -0.2) is 4.90 Å². The van der Waals surface area contributed by atoms with Crippen molar-refractivity contribution >= 4 is 41.0 Å². The molecule has 0 spiro atoms. The maximum atomic E-state index is 13.8. The van der Waals surface area contributed by atoms with Gasteiger partial charge in [0.15, 0.2) is 0 Å². The van der Waals surface area contributed by atoms with Gasteiger partial charge in [0.05, 0.1) is 27.9 Å². The van der Waals surface area contributed by atoms with E-state index in [4.69, 9.17) is 0 Å². The van der Waals surface area contributed by atoms with Gasteiger partial charge in [-0.15, -0.1) is 0 Å². The molecule has 0 unspecified atom stereocenters. The molecule has 0 saturated carbocycles. The third-order valence-electron chi connectivity index (χ3n) is 6.47. The van der Waals surface area contributed by atoms with Crippen molar-refractivity contribution < 1.29 is 19.2 Å². The Hall–Kier alpha value is -6.62. The zero-order valence-electron chi connectivity index (χ0n) is 21.3. The van der Waals surface area contributed by atoms with E-state index in [0.29, 0.717) is 11.1 Å². The number of rotatable bonds is 5. The minimum absolute atomic E-state index is 0.00335. The highest BCUT2D eigenvalue weighted by atomic mass is 16.2. The number of carbonyl (C=O) groups is 4. The Labute approximate surface area is 233 Å². The van der Waals surface area contributed by atoms with Crippen molar-refractivity contribution in [3.05, 3.63) is 100 Å². The number of anilines is 1. The number of carbonyl (C=O) groups excluding carboxylic acids is 4. The third-order valence-corrected chi connectivity index (χ3v) is 6.47. The molecule has 4 amide bonds. The van der Waals surface area contributed by atoms with E-state index in [2.05, 4.69) is 11.9 Å². The molecule has 10 nitrogen and oxygen atoms in total. The Morgan fingerprint density at radius 2 is 1.41 bits per heavy atom. The number of allylic oxidation sites excluding steroid dienone is 1. The first-order chi connectivity index (χ1) is 19.8. The van der Waals surface area contributed by atoms with Crippen LogP contribution >= 0.6 is 0 Å². The molecule has 41 heavy (non-hydrogen) atoms. The van der Waals surface area contributed by atoms with Crippen LogP contribution in [0.5, 0.6) is 0 Å². The lowest BCUT2D eigenvalue weighted by molar-refractivity contribution is -0.121. The summed E-state index contributed by atoms with van der Waals surface area (Å²) in [6.45, 7) is 5.45. The van der Waals surface area contributed by atoms with Crippen molar-refractivity contribution in [2.24, 2.45) is 0 Å². The summed E-state index contributed by atoms with van der Waals surface area (Å²) in [5.74, 6) is -2.42. The van der Waals surface area contributed by atoms with Crippen LogP contribution in [0.25, 0.3) is 22.3 Å². The van der Waals surface area contributed by atoms with E-state index in [9.17, 15) is 40.2 Å². The molecular weight excluding hydrogens is 520 g/mol. The van der Waals surface area contributed by atoms with Crippen LogP contribution in [0.3, 0.4) is 0 Å². The second kappa shape index (κ2) is 11.0. The van der Waals surface area contributed by atoms with Gasteiger partial charge in [-0.05, 0) is 54.4 Å². The Bertz CT molecular complexity index is 1930. The Morgan fingerprint density at radius 3 is 2.00 bits per heavy atom. The number of nitrogens with zero attached hydrogens (tertiary/aromatic N) is 5. The highest BCUT2D eigenvalue weighted by Gasteiger charge is 2.38. The number of hydrogen-bond donors (Lipinski definition) is 1. The van der Waals surface area contributed by atoms with Crippen LogP contribution in [-0.4, -0.2) is 24.1 Å². The number of hydrogen-bond acceptors (Lipinski definition) is 8. The standard InChI is InChI=1S/C31H16N6O4/c1-3-24(29(39)36-16-38)28-25(18-4-5-19(12-32)21(10-18)14-34)8-9-26-27(28)17(2)30(40)37(31(26)41)23-7-6-20(13-33)22(11-23)15-35/h3-11,16H,2H2,1H3,(H,36,38,39)/b24-3+. The van der Waals surface area contributed by atoms with Crippen molar-refractivity contribution in [1.82, 2.24) is 5.32 Å². The third kappa shape index (κ3) is 4.51. The van der Waals surface area contributed by atoms with Gasteiger partial charge in [0.1, 0.15) is 24.3 Å². The molecule has 0 fully saturated rings. The molecule has 1 aliphatic rings. The van der Waals surface area contributed by atoms with Crippen LogP contribution in [0.4, 0.5) is 5.69 Å². The number of nitrogens with one attached hydrogen (secondary N) is 1. The number of nitriles is 4. The normalized spacial score (nSPS) is 12.4. The van der Waals surface area contributed by atoms with E-state index < -0.39 is 17.7 Å². The molecule has 0 radical (unpaired) electrons. The molecule has 3 aromatic carbocycles. The van der Waals surface area contributed by atoms with Gasteiger partial charge in [0, 0.05) is 27.8 Å². The Balaban J connectivity index is 2.03. The predicted molar refractivity (Wildman–Crippen MR) is 146 cm³/mol. The molecule has 0 atom stereocenters. The lowest BCUT2D eigenvalue weighted by atomic mass is 9.81. The summed E-state index contributed by atoms with van der Waals surface area (Å²) in [7, 11) is 0. The fraction of sp³-hybridized carbons (Fsp3) is 0.0323. The van der Waals surface area contributed by atoms with E-state index >= 15 is 0 Å². The van der Waals surface area contributed by atoms with Crippen LogP contribution < -0.4 is 10.2 Å². The fourth-order valence-corrected chi connectivity index (χ4v) is 4.59. The molecule has 1 aliphatic heterocycles. The summed E-state index contributed by atoms with van der Waals surface area (Å²) < 4.78 is 0. The molecule has 1 N–H and O–H groups in total. The molecule has 3 aromatic rings. The van der Waals surface area contributed by atoms with Gasteiger partial charge < -0.3 is 0 Å². The number of fused-ring (bicyclic) bond motifs is 1. The molecule has 10 heteroatoms. The lowest BCUT2D eigenvalue weighted by Gasteiger charge is -2.31. The van der Waals surface area contributed by atoms with E-state index in [1.807, 2.05) is 24.3 Å². The molecule has 0 bridgehead atoms. The maximum Gasteiger partial charge on any atom is 0.265 e. The van der Waals surface area contributed by atoms with Crippen molar-refractivity contribution in [2.45, 2.75) is 6.92 Å². The Kier molecular flexibility index (Phi) is 7.36. The molecule has 4 rings (SSSR count). The van der Waals surface area contributed by atoms with Crippen LogP contribution in [-0.2, 0) is 14.4 Å². The summed E-state index contributed by atoms with van der Waals surface area (Å²) in [6, 6.07) is 18.9. The molecule has 0 aromatic heterocycles. The second-order valence-electron chi connectivity index (χ2n) is 8.57. The SMILES string of the molecule is C=C1C(=O)N(c2ccc(C#N)c(C#N)c2)C(=O)c2ccc(-c3ccc(C#N)c(C#N)c3)c(/C(=C\C)C(=O)NC=O)c21. The zero-order chi connectivity index (χ0) is 29.8. The summed E-state index contributed by atoms with van der Waals surface area (Å²) in [5, 5.41) is 39.6. The molecule has 1 heterocycles. The summed E-state index contributed by atoms with van der Waals surface area (Å²) >= 11 is 0. The fourth-order valence-electron chi connectivity index (χ4n) is 4.59. The van der Waals surface area contributed by atoms with E-state index in [1.54, 1.807) is 6.07 Å². The quantitative estimate of drug-likeness (QED) is 0.291. The first kappa shape index (κ1) is 27.4. The Morgan fingerprint density at radius 1 is 0.829 bits per heavy atom. The van der Waals surface area contributed by atoms with Gasteiger partial charge in [0.25, 0.3) is 17.7 Å². The van der Waals surface area contributed by atoms with Gasteiger partial charge in [0.2, 0.25) is 6.41 Å². The zero-order valence-corrected chi connectivity index (χ0v) is 21.3. The minimum Gasteiger partial charge on any atom is -0.295 e. The first-order valence-corrected chi connectivity index (χ1v) is 11.8. The van der Waals surface area contributed by atoms with Crippen molar-refractivity contribution in [2.75, 3.05) is 4.90 Å². The first-order valence-electron chi connectivity index (χ1n) is 11.8. The average molecular weight is 537 g/mol. The van der Waals surface area contributed by atoms with E-state index in [0.717, 1.165) is 4.90 Å². The van der Waals surface area contributed by atoms with Gasteiger partial charge in [-0.2, -0.15) is 21.0 Å². The van der Waals surface area contributed by atoms with Gasteiger partial charge in [-0.3, -0.25) is 24.5 Å². The van der Waals surface area contributed by atoms with E-state index in [-0.39, 0.29) is 62.2 Å². The topological polar surface area (TPSA) is 179 Å². The van der Waals surface area contributed by atoms with E-state index in [1.165, 1.54) is 55.5 Å². The van der Waals surface area contributed by atoms with Crippen LogP contribution in [0.1, 0.15) is 50.7 Å². The lowest BCUT2D eigenvalue weighted by Crippen LogP contribution is -2.42. The smallest absolute Gasteiger partial charge is 0.265 e. The average Bonchev–Trinajstić information content (AvgIpc) is 2.99. The van der Waals surface area contributed by atoms with Crippen molar-refractivity contribution in [3.8, 4) is 35.4 Å². The van der Waals surface area contributed by atoms with Crippen LogP contribution in [0, 0.1) is 45.3 Å². The van der Waals surface area contributed by atoms with Gasteiger partial charge in [-0.1, -0.05) is 24.8 Å². The van der Waals surface area contributed by atoms with Crippen LogP contribution in [0.15, 0.2) is 61.2 Å². The summed E-state index contributed by atoms with van der Waals surface area (Å²) in [4.78, 5) is 52.4. The minimum atomic E-state index is -0.835. The largest absolute Gasteiger partial charge is 0.295 e. The molecule has 0 saturated heterocycles. The summed E-state index contributed by atoms with van der Waals surface area (Å²) in [5.41, 5.74) is 0.959. The highest BCUT2D eigenvalue weighted by molar-refractivity contribution is 6.42. The van der Waals surface area contributed by atoms with Crippen LogP contribution in [0.2, 0.25) is 0 Å². The predicted octanol–water partition coefficient (Wildman–Crippen LogP) is 3.72. The van der Waals surface area contributed by atoms with Crippen molar-refractivity contribution in [1.29, 1.82) is 21.0 Å². The molecule has 0 aliphatic carbocycles. The maximum absolute atomic E-state index is 13.8.